The van der Waals surface area contributed by atoms with E-state index in [0.717, 1.165) is 29.1 Å². The zero-order valence-corrected chi connectivity index (χ0v) is 14.7. The van der Waals surface area contributed by atoms with Crippen molar-refractivity contribution in [1.29, 1.82) is 0 Å². The van der Waals surface area contributed by atoms with Gasteiger partial charge in [-0.15, -0.1) is 11.3 Å². The molecule has 2 rings (SSSR count). The summed E-state index contributed by atoms with van der Waals surface area (Å²) in [4.78, 5) is 19.3. The Hall–Kier alpha value is -1.20. The molecule has 1 amide bonds. The van der Waals surface area contributed by atoms with Gasteiger partial charge in [-0.1, -0.05) is 27.2 Å². The van der Waals surface area contributed by atoms with Crippen molar-refractivity contribution in [3.05, 3.63) is 22.2 Å². The molecule has 0 spiro atoms. The zero-order valence-electron chi connectivity index (χ0n) is 13.9. The van der Waals surface area contributed by atoms with Crippen LogP contribution in [0.25, 0.3) is 6.08 Å². The van der Waals surface area contributed by atoms with Crippen molar-refractivity contribution in [1.82, 2.24) is 9.88 Å². The number of hydrogen-bond acceptors (Lipinski definition) is 4. The highest BCUT2D eigenvalue weighted by Crippen LogP contribution is 2.28. The zero-order chi connectivity index (χ0) is 16.3. The third-order valence-corrected chi connectivity index (χ3v) is 5.45. The van der Waals surface area contributed by atoms with E-state index in [1.165, 1.54) is 0 Å². The maximum Gasteiger partial charge on any atom is 0.246 e. The topological polar surface area (TPSA) is 53.4 Å². The summed E-state index contributed by atoms with van der Waals surface area (Å²) >= 11 is 1.62. The number of carbonyl (C=O) groups is 1. The Kier molecular flexibility index (Phi) is 5.40. The van der Waals surface area contributed by atoms with Gasteiger partial charge in [0.25, 0.3) is 0 Å². The minimum atomic E-state index is -0.255. The number of amides is 1. The largest absolute Gasteiger partial charge is 0.393 e. The van der Waals surface area contributed by atoms with Gasteiger partial charge in [-0.05, 0) is 18.9 Å². The van der Waals surface area contributed by atoms with Crippen LogP contribution in [0.15, 0.2) is 12.3 Å². The summed E-state index contributed by atoms with van der Waals surface area (Å²) in [6.07, 6.45) is 7.91. The monoisotopic (exact) mass is 322 g/mol. The van der Waals surface area contributed by atoms with E-state index >= 15 is 0 Å². The van der Waals surface area contributed by atoms with Gasteiger partial charge in [-0.3, -0.25) is 4.79 Å². The van der Waals surface area contributed by atoms with Crippen molar-refractivity contribution < 1.29 is 9.90 Å². The van der Waals surface area contributed by atoms with Crippen LogP contribution in [-0.4, -0.2) is 40.6 Å². The van der Waals surface area contributed by atoms with Gasteiger partial charge in [0.15, 0.2) is 0 Å². The van der Waals surface area contributed by atoms with E-state index in [4.69, 9.17) is 0 Å². The smallest absolute Gasteiger partial charge is 0.246 e. The molecule has 2 unspecified atom stereocenters. The molecule has 4 nitrogen and oxygen atoms in total. The van der Waals surface area contributed by atoms with Gasteiger partial charge in [0.05, 0.1) is 11.1 Å². The lowest BCUT2D eigenvalue weighted by Gasteiger charge is -2.22. The fourth-order valence-corrected chi connectivity index (χ4v) is 3.54. The van der Waals surface area contributed by atoms with E-state index in [-0.39, 0.29) is 23.3 Å². The first-order chi connectivity index (χ1) is 10.3. The SMILES string of the molecule is CN(CC1CCCC1O)C(=O)/C=C/c1cnc(C(C)(C)C)s1. The molecule has 0 aliphatic heterocycles. The number of aliphatic hydroxyl groups is 1. The summed E-state index contributed by atoms with van der Waals surface area (Å²) in [5, 5.41) is 10.9. The van der Waals surface area contributed by atoms with Gasteiger partial charge in [-0.25, -0.2) is 4.98 Å². The second-order valence-electron chi connectivity index (χ2n) is 7.13. The van der Waals surface area contributed by atoms with Crippen LogP contribution in [0, 0.1) is 5.92 Å². The molecule has 0 bridgehead atoms. The lowest BCUT2D eigenvalue weighted by molar-refractivity contribution is -0.125. The van der Waals surface area contributed by atoms with Crippen LogP contribution in [0.1, 0.15) is 49.9 Å². The van der Waals surface area contributed by atoms with Crippen LogP contribution in [0.3, 0.4) is 0 Å². The Morgan fingerprint density at radius 2 is 2.23 bits per heavy atom. The predicted octanol–water partition coefficient (Wildman–Crippen LogP) is 3.07. The minimum Gasteiger partial charge on any atom is -0.393 e. The first-order valence-electron chi connectivity index (χ1n) is 7.85. The van der Waals surface area contributed by atoms with Gasteiger partial charge in [-0.2, -0.15) is 0 Å². The molecule has 1 N–H and O–H groups in total. The van der Waals surface area contributed by atoms with E-state index in [2.05, 4.69) is 25.8 Å². The molecule has 1 fully saturated rings. The average molecular weight is 322 g/mol. The van der Waals surface area contributed by atoms with Crippen molar-refractivity contribution >= 4 is 23.3 Å². The first kappa shape index (κ1) is 17.2. The van der Waals surface area contributed by atoms with E-state index < -0.39 is 0 Å². The van der Waals surface area contributed by atoms with E-state index in [0.29, 0.717) is 6.54 Å². The molecule has 1 heterocycles. The maximum absolute atomic E-state index is 12.2. The van der Waals surface area contributed by atoms with E-state index in [9.17, 15) is 9.90 Å². The molecule has 5 heteroatoms. The minimum absolute atomic E-state index is 0.0233. The summed E-state index contributed by atoms with van der Waals surface area (Å²) in [6, 6.07) is 0. The third kappa shape index (κ3) is 4.40. The molecular weight excluding hydrogens is 296 g/mol. The van der Waals surface area contributed by atoms with Crippen LogP contribution in [0.2, 0.25) is 0 Å². The quantitative estimate of drug-likeness (QED) is 0.867. The Balaban J connectivity index is 1.91. The van der Waals surface area contributed by atoms with Crippen molar-refractivity contribution in [3.63, 3.8) is 0 Å². The lowest BCUT2D eigenvalue weighted by atomic mass is 9.98. The molecule has 1 aromatic rings. The molecule has 0 saturated heterocycles. The van der Waals surface area contributed by atoms with Gasteiger partial charge >= 0.3 is 0 Å². The average Bonchev–Trinajstić information content (AvgIpc) is 3.05. The van der Waals surface area contributed by atoms with Crippen LogP contribution in [0.5, 0.6) is 0 Å². The summed E-state index contributed by atoms with van der Waals surface area (Å²) in [5.41, 5.74) is 0.0379. The number of aliphatic hydroxyl groups excluding tert-OH is 1. The maximum atomic E-state index is 12.2. The molecule has 2 atom stereocenters. The van der Waals surface area contributed by atoms with Gasteiger partial charge in [0, 0.05) is 42.1 Å². The molecule has 122 valence electrons. The van der Waals surface area contributed by atoms with Crippen molar-refractivity contribution in [2.45, 2.75) is 51.6 Å². The van der Waals surface area contributed by atoms with E-state index in [1.807, 2.05) is 12.3 Å². The summed E-state index contributed by atoms with van der Waals surface area (Å²) in [6.45, 7) is 7.02. The Morgan fingerprint density at radius 1 is 1.50 bits per heavy atom. The van der Waals surface area contributed by atoms with Crippen LogP contribution < -0.4 is 0 Å². The van der Waals surface area contributed by atoms with Crippen molar-refractivity contribution in [3.8, 4) is 0 Å². The molecule has 1 saturated carbocycles. The Bertz CT molecular complexity index is 545. The van der Waals surface area contributed by atoms with E-state index in [1.54, 1.807) is 29.4 Å². The number of hydrogen-bond donors (Lipinski definition) is 1. The Labute approximate surface area is 136 Å². The number of rotatable bonds is 4. The Morgan fingerprint density at radius 3 is 2.77 bits per heavy atom. The molecule has 1 aliphatic rings. The molecule has 1 aliphatic carbocycles. The van der Waals surface area contributed by atoms with Crippen molar-refractivity contribution in [2.24, 2.45) is 5.92 Å². The van der Waals surface area contributed by atoms with Crippen LogP contribution >= 0.6 is 11.3 Å². The molecule has 0 aromatic carbocycles. The second kappa shape index (κ2) is 6.92. The van der Waals surface area contributed by atoms with Crippen molar-refractivity contribution in [2.75, 3.05) is 13.6 Å². The molecule has 1 aromatic heterocycles. The summed E-state index contributed by atoms with van der Waals surface area (Å²) in [7, 11) is 1.80. The highest BCUT2D eigenvalue weighted by atomic mass is 32.1. The summed E-state index contributed by atoms with van der Waals surface area (Å²) < 4.78 is 0. The summed E-state index contributed by atoms with van der Waals surface area (Å²) in [5.74, 6) is 0.197. The van der Waals surface area contributed by atoms with Gasteiger partial charge < -0.3 is 10.0 Å². The number of likely N-dealkylation sites (N-methyl/N-ethyl adjacent to an activating group) is 1. The fraction of sp³-hybridized carbons (Fsp3) is 0.647. The van der Waals surface area contributed by atoms with Crippen LogP contribution in [0.4, 0.5) is 0 Å². The number of nitrogens with zero attached hydrogens (tertiary/aromatic N) is 2. The number of thiazole rings is 1. The predicted molar refractivity (Wildman–Crippen MR) is 90.8 cm³/mol. The highest BCUT2D eigenvalue weighted by Gasteiger charge is 2.27. The first-order valence-corrected chi connectivity index (χ1v) is 8.66. The van der Waals surface area contributed by atoms with Gasteiger partial charge in [0.1, 0.15) is 0 Å². The molecular formula is C17H26N2O2S. The third-order valence-electron chi connectivity index (χ3n) is 4.06. The lowest BCUT2D eigenvalue weighted by Crippen LogP contribution is -2.33. The molecule has 0 radical (unpaired) electrons. The van der Waals surface area contributed by atoms with Gasteiger partial charge in [0.2, 0.25) is 5.91 Å². The number of carbonyl (C=O) groups excluding carboxylic acids is 1. The van der Waals surface area contributed by atoms with Crippen LogP contribution in [-0.2, 0) is 10.2 Å². The normalized spacial score (nSPS) is 22.4. The standard InChI is InChI=1S/C17H26N2O2S/c1-17(2,3)16-18-10-13(22-16)8-9-15(21)19(4)11-12-6-5-7-14(12)20/h8-10,12,14,20H,5-7,11H2,1-4H3/b9-8+. The second-order valence-corrected chi connectivity index (χ2v) is 8.19. The highest BCUT2D eigenvalue weighted by molar-refractivity contribution is 7.12. The number of aromatic nitrogens is 1. The fourth-order valence-electron chi connectivity index (χ4n) is 2.66. The molecule has 22 heavy (non-hydrogen) atoms.